The first-order valence-corrected chi connectivity index (χ1v) is 5.76. The molecular weight excluding hydrogens is 176 g/mol. The van der Waals surface area contributed by atoms with Gasteiger partial charge in [-0.2, -0.15) is 0 Å². The van der Waals surface area contributed by atoms with Crippen molar-refractivity contribution in [1.82, 2.24) is 10.2 Å². The summed E-state index contributed by atoms with van der Waals surface area (Å²) in [6.45, 7) is 3.86. The molecule has 0 radical (unpaired) electrons. The van der Waals surface area contributed by atoms with Gasteiger partial charge >= 0.3 is 0 Å². The minimum absolute atomic E-state index is 0.293. The van der Waals surface area contributed by atoms with Crippen LogP contribution in [0.15, 0.2) is 0 Å². The molecule has 14 heavy (non-hydrogen) atoms. The Kier molecular flexibility index (Phi) is 2.82. The van der Waals surface area contributed by atoms with Gasteiger partial charge in [0.25, 0.3) is 0 Å². The molecule has 1 aliphatic heterocycles. The number of rotatable bonds is 2. The third-order valence-corrected chi connectivity index (χ3v) is 4.01. The Bertz CT molecular complexity index is 201. The molecule has 3 heteroatoms. The minimum Gasteiger partial charge on any atom is -0.388 e. The van der Waals surface area contributed by atoms with Gasteiger partial charge in [-0.05, 0) is 39.8 Å². The third kappa shape index (κ3) is 1.81. The van der Waals surface area contributed by atoms with Crippen LogP contribution in [0, 0.1) is 0 Å². The second kappa shape index (κ2) is 3.80. The van der Waals surface area contributed by atoms with Crippen LogP contribution >= 0.6 is 0 Å². The molecule has 1 saturated carbocycles. The van der Waals surface area contributed by atoms with Crippen molar-refractivity contribution in [3.05, 3.63) is 0 Å². The zero-order valence-electron chi connectivity index (χ0n) is 9.29. The molecule has 1 aliphatic carbocycles. The van der Waals surface area contributed by atoms with Crippen molar-refractivity contribution in [2.24, 2.45) is 0 Å². The van der Waals surface area contributed by atoms with E-state index in [1.165, 1.54) is 19.3 Å². The predicted octanol–water partition coefficient (Wildman–Crippen LogP) is 0.584. The molecule has 1 heterocycles. The first-order valence-electron chi connectivity index (χ1n) is 5.76. The SMILES string of the molecule is CN(C1CCC1)C1CNCCC1(C)O. The molecule has 0 bridgehead atoms. The molecule has 0 aromatic carbocycles. The maximum absolute atomic E-state index is 10.3. The van der Waals surface area contributed by atoms with E-state index in [9.17, 15) is 5.11 Å². The molecule has 1 saturated heterocycles. The lowest BCUT2D eigenvalue weighted by Crippen LogP contribution is -2.62. The van der Waals surface area contributed by atoms with E-state index in [2.05, 4.69) is 17.3 Å². The van der Waals surface area contributed by atoms with Gasteiger partial charge < -0.3 is 10.4 Å². The Morgan fingerprint density at radius 3 is 2.64 bits per heavy atom. The van der Waals surface area contributed by atoms with Gasteiger partial charge in [-0.1, -0.05) is 6.42 Å². The lowest BCUT2D eigenvalue weighted by atomic mass is 9.84. The fourth-order valence-electron chi connectivity index (χ4n) is 2.60. The Morgan fingerprint density at radius 1 is 1.43 bits per heavy atom. The van der Waals surface area contributed by atoms with Crippen LogP contribution in [0.2, 0.25) is 0 Å². The Labute approximate surface area is 86.5 Å². The fraction of sp³-hybridized carbons (Fsp3) is 1.00. The standard InChI is InChI=1S/C11H22N2O/c1-11(14)6-7-12-8-10(11)13(2)9-4-3-5-9/h9-10,12,14H,3-8H2,1-2H3. The number of piperidine rings is 1. The van der Waals surface area contributed by atoms with Gasteiger partial charge in [0.1, 0.15) is 0 Å². The summed E-state index contributed by atoms with van der Waals surface area (Å²) < 4.78 is 0. The van der Waals surface area contributed by atoms with Gasteiger partial charge in [-0.25, -0.2) is 0 Å². The average Bonchev–Trinajstić information content (AvgIpc) is 1.99. The third-order valence-electron chi connectivity index (χ3n) is 4.01. The van der Waals surface area contributed by atoms with Gasteiger partial charge in [0.15, 0.2) is 0 Å². The van der Waals surface area contributed by atoms with E-state index >= 15 is 0 Å². The zero-order chi connectivity index (χ0) is 10.2. The van der Waals surface area contributed by atoms with E-state index in [0.717, 1.165) is 19.5 Å². The second-order valence-corrected chi connectivity index (χ2v) is 5.08. The average molecular weight is 198 g/mol. The smallest absolute Gasteiger partial charge is 0.0798 e. The highest BCUT2D eigenvalue weighted by Gasteiger charge is 2.40. The van der Waals surface area contributed by atoms with Gasteiger partial charge in [0.05, 0.1) is 11.6 Å². The molecule has 0 aromatic heterocycles. The van der Waals surface area contributed by atoms with Gasteiger partial charge in [-0.3, -0.25) is 4.90 Å². The molecule has 2 fully saturated rings. The van der Waals surface area contributed by atoms with Crippen molar-refractivity contribution in [3.63, 3.8) is 0 Å². The highest BCUT2D eigenvalue weighted by atomic mass is 16.3. The van der Waals surface area contributed by atoms with Crippen molar-refractivity contribution >= 4 is 0 Å². The molecule has 2 unspecified atom stereocenters. The summed E-state index contributed by atoms with van der Waals surface area (Å²) in [5.41, 5.74) is -0.504. The van der Waals surface area contributed by atoms with Crippen molar-refractivity contribution in [2.75, 3.05) is 20.1 Å². The van der Waals surface area contributed by atoms with Crippen molar-refractivity contribution < 1.29 is 5.11 Å². The van der Waals surface area contributed by atoms with E-state index in [1.807, 2.05) is 6.92 Å². The van der Waals surface area contributed by atoms with Crippen LogP contribution in [0.3, 0.4) is 0 Å². The topological polar surface area (TPSA) is 35.5 Å². The number of aliphatic hydroxyl groups is 1. The number of hydrogen-bond acceptors (Lipinski definition) is 3. The molecule has 2 rings (SSSR count). The summed E-state index contributed by atoms with van der Waals surface area (Å²) in [6.07, 6.45) is 4.85. The van der Waals surface area contributed by atoms with Crippen LogP contribution in [0.1, 0.15) is 32.6 Å². The quantitative estimate of drug-likeness (QED) is 0.681. The molecule has 0 aromatic rings. The van der Waals surface area contributed by atoms with Gasteiger partial charge in [0.2, 0.25) is 0 Å². The molecule has 0 amide bonds. The maximum Gasteiger partial charge on any atom is 0.0798 e. The monoisotopic (exact) mass is 198 g/mol. The number of hydrogen-bond donors (Lipinski definition) is 2. The normalized spacial score (nSPS) is 39.9. The van der Waals surface area contributed by atoms with Crippen molar-refractivity contribution in [2.45, 2.75) is 50.3 Å². The van der Waals surface area contributed by atoms with Crippen LogP contribution < -0.4 is 5.32 Å². The van der Waals surface area contributed by atoms with Gasteiger partial charge in [0, 0.05) is 12.6 Å². The summed E-state index contributed by atoms with van der Waals surface area (Å²) in [5.74, 6) is 0. The first-order chi connectivity index (χ1) is 6.61. The zero-order valence-corrected chi connectivity index (χ0v) is 9.29. The van der Waals surface area contributed by atoms with Crippen LogP contribution in [-0.2, 0) is 0 Å². The van der Waals surface area contributed by atoms with Crippen LogP contribution in [0.5, 0.6) is 0 Å². The molecular formula is C11H22N2O. The van der Waals surface area contributed by atoms with Crippen LogP contribution in [-0.4, -0.2) is 47.8 Å². The Balaban J connectivity index is 1.99. The van der Waals surface area contributed by atoms with E-state index in [1.54, 1.807) is 0 Å². The lowest BCUT2D eigenvalue weighted by molar-refractivity contribution is -0.0664. The lowest BCUT2D eigenvalue weighted by Gasteiger charge is -2.48. The Morgan fingerprint density at radius 2 is 2.14 bits per heavy atom. The number of likely N-dealkylation sites (N-methyl/N-ethyl adjacent to an activating group) is 1. The van der Waals surface area contributed by atoms with Gasteiger partial charge in [-0.15, -0.1) is 0 Å². The summed E-state index contributed by atoms with van der Waals surface area (Å²) in [6, 6.07) is 1.01. The molecule has 0 spiro atoms. The molecule has 82 valence electrons. The highest BCUT2D eigenvalue weighted by molar-refractivity contribution is 4.97. The van der Waals surface area contributed by atoms with E-state index in [-0.39, 0.29) is 0 Å². The number of nitrogens with zero attached hydrogens (tertiary/aromatic N) is 1. The largest absolute Gasteiger partial charge is 0.388 e. The first kappa shape index (κ1) is 10.4. The van der Waals surface area contributed by atoms with Crippen LogP contribution in [0.25, 0.3) is 0 Å². The molecule has 2 aliphatic rings. The molecule has 3 nitrogen and oxygen atoms in total. The Hall–Kier alpha value is -0.120. The summed E-state index contributed by atoms with van der Waals surface area (Å²) in [5, 5.41) is 13.7. The number of nitrogens with one attached hydrogen (secondary N) is 1. The summed E-state index contributed by atoms with van der Waals surface area (Å²) in [4.78, 5) is 2.38. The predicted molar refractivity (Wildman–Crippen MR) is 57.3 cm³/mol. The highest BCUT2D eigenvalue weighted by Crippen LogP contribution is 2.30. The van der Waals surface area contributed by atoms with Crippen molar-refractivity contribution in [1.29, 1.82) is 0 Å². The molecule has 2 atom stereocenters. The van der Waals surface area contributed by atoms with Crippen molar-refractivity contribution in [3.8, 4) is 0 Å². The fourth-order valence-corrected chi connectivity index (χ4v) is 2.60. The summed E-state index contributed by atoms with van der Waals surface area (Å²) in [7, 11) is 2.16. The van der Waals surface area contributed by atoms with Crippen LogP contribution in [0.4, 0.5) is 0 Å². The van der Waals surface area contributed by atoms with E-state index < -0.39 is 5.60 Å². The molecule has 2 N–H and O–H groups in total. The van der Waals surface area contributed by atoms with E-state index in [4.69, 9.17) is 0 Å². The maximum atomic E-state index is 10.3. The van der Waals surface area contributed by atoms with E-state index in [0.29, 0.717) is 12.1 Å². The minimum atomic E-state index is -0.504. The summed E-state index contributed by atoms with van der Waals surface area (Å²) >= 11 is 0. The second-order valence-electron chi connectivity index (χ2n) is 5.08.